The van der Waals surface area contributed by atoms with Gasteiger partial charge in [0.2, 0.25) is 5.88 Å². The third-order valence-corrected chi connectivity index (χ3v) is 6.00. The Bertz CT molecular complexity index is 1560. The lowest BCUT2D eigenvalue weighted by Crippen LogP contribution is -2.07. The Morgan fingerprint density at radius 3 is 2.58 bits per heavy atom. The van der Waals surface area contributed by atoms with Gasteiger partial charge in [-0.2, -0.15) is 0 Å². The maximum atomic E-state index is 12.6. The highest BCUT2D eigenvalue weighted by Crippen LogP contribution is 2.31. The first-order valence-electron chi connectivity index (χ1n) is 12.7. The molecule has 0 N–H and O–H groups in total. The minimum Gasteiger partial charge on any atom is -0.493 e. The molecule has 0 aliphatic carbocycles. The Kier molecular flexibility index (Phi) is 8.15. The SMILES string of the molecule is CCOC(=O)c1cn(Cc2ccccc2)nc1OCc1ccc(OC)c(OCc2nc(-c3ccco3)oc2C)c1. The van der Waals surface area contributed by atoms with Crippen molar-refractivity contribution in [2.45, 2.75) is 33.6 Å². The number of methoxy groups -OCH3 is 1. The van der Waals surface area contributed by atoms with Gasteiger partial charge in [0.25, 0.3) is 5.89 Å². The zero-order valence-electron chi connectivity index (χ0n) is 22.5. The van der Waals surface area contributed by atoms with E-state index in [0.717, 1.165) is 11.1 Å². The normalized spacial score (nSPS) is 10.9. The molecule has 0 unspecified atom stereocenters. The van der Waals surface area contributed by atoms with Gasteiger partial charge in [-0.25, -0.2) is 9.78 Å². The van der Waals surface area contributed by atoms with E-state index in [2.05, 4.69) is 10.1 Å². The third-order valence-electron chi connectivity index (χ3n) is 6.00. The van der Waals surface area contributed by atoms with Gasteiger partial charge in [-0.05, 0) is 49.2 Å². The summed E-state index contributed by atoms with van der Waals surface area (Å²) in [6, 6.07) is 18.8. The van der Waals surface area contributed by atoms with Gasteiger partial charge in [0, 0.05) is 6.20 Å². The molecule has 0 amide bonds. The van der Waals surface area contributed by atoms with E-state index in [1.165, 1.54) is 0 Å². The summed E-state index contributed by atoms with van der Waals surface area (Å²) >= 11 is 0. The van der Waals surface area contributed by atoms with Crippen molar-refractivity contribution in [2.75, 3.05) is 13.7 Å². The summed E-state index contributed by atoms with van der Waals surface area (Å²) in [6.45, 7) is 4.60. The molecule has 206 valence electrons. The highest BCUT2D eigenvalue weighted by molar-refractivity contribution is 5.91. The van der Waals surface area contributed by atoms with Crippen molar-refractivity contribution in [3.05, 3.63) is 101 Å². The number of hydrogen-bond acceptors (Lipinski definition) is 9. The molecule has 0 spiro atoms. The van der Waals surface area contributed by atoms with Crippen LogP contribution in [0.2, 0.25) is 0 Å². The number of furan rings is 1. The van der Waals surface area contributed by atoms with E-state index in [1.54, 1.807) is 49.4 Å². The lowest BCUT2D eigenvalue weighted by molar-refractivity contribution is 0.0521. The summed E-state index contributed by atoms with van der Waals surface area (Å²) in [4.78, 5) is 17.1. The van der Waals surface area contributed by atoms with E-state index in [0.29, 0.717) is 41.1 Å². The Morgan fingerprint density at radius 1 is 0.975 bits per heavy atom. The van der Waals surface area contributed by atoms with Crippen LogP contribution < -0.4 is 14.2 Å². The molecule has 0 saturated heterocycles. The Labute approximate surface area is 231 Å². The molecule has 5 aromatic rings. The molecule has 0 atom stereocenters. The fourth-order valence-electron chi connectivity index (χ4n) is 4.00. The van der Waals surface area contributed by atoms with E-state index in [-0.39, 0.29) is 31.3 Å². The number of aromatic nitrogens is 3. The highest BCUT2D eigenvalue weighted by atomic mass is 16.5. The maximum Gasteiger partial charge on any atom is 0.345 e. The van der Waals surface area contributed by atoms with Crippen molar-refractivity contribution in [1.29, 1.82) is 0 Å². The summed E-state index contributed by atoms with van der Waals surface area (Å²) in [5, 5.41) is 4.50. The molecule has 10 heteroatoms. The highest BCUT2D eigenvalue weighted by Gasteiger charge is 2.20. The first-order chi connectivity index (χ1) is 19.5. The maximum absolute atomic E-state index is 12.6. The van der Waals surface area contributed by atoms with Crippen LogP contribution in [0.1, 0.15) is 39.9 Å². The monoisotopic (exact) mass is 543 g/mol. The number of nitrogens with zero attached hydrogens (tertiary/aromatic N) is 3. The van der Waals surface area contributed by atoms with Crippen LogP contribution in [0.15, 0.2) is 82.0 Å². The first-order valence-corrected chi connectivity index (χ1v) is 12.7. The summed E-state index contributed by atoms with van der Waals surface area (Å²) in [5.74, 6) is 2.31. The molecular weight excluding hydrogens is 514 g/mol. The van der Waals surface area contributed by atoms with Crippen molar-refractivity contribution < 1.29 is 32.6 Å². The molecule has 0 fully saturated rings. The standard InChI is InChI=1S/C30H29N3O7/c1-4-36-30(34)23-17-33(16-21-9-6-5-7-10-21)32-28(23)39-18-22-12-13-25(35-3)27(15-22)38-19-24-20(2)40-29(31-24)26-11-8-14-37-26/h5-15,17H,4,16,18-19H2,1-3H3. The van der Waals surface area contributed by atoms with Crippen LogP contribution in [0.4, 0.5) is 0 Å². The Hall–Kier alpha value is -4.99. The van der Waals surface area contributed by atoms with Crippen LogP contribution in [0, 0.1) is 6.92 Å². The van der Waals surface area contributed by atoms with Crippen LogP contribution in [0.3, 0.4) is 0 Å². The molecule has 0 saturated carbocycles. The zero-order chi connectivity index (χ0) is 27.9. The average molecular weight is 544 g/mol. The number of carbonyl (C=O) groups is 1. The largest absolute Gasteiger partial charge is 0.493 e. The zero-order valence-corrected chi connectivity index (χ0v) is 22.5. The quantitative estimate of drug-likeness (QED) is 0.179. The average Bonchev–Trinajstić information content (AvgIpc) is 3.72. The van der Waals surface area contributed by atoms with Crippen molar-refractivity contribution >= 4 is 5.97 Å². The second kappa shape index (κ2) is 12.2. The number of hydrogen-bond donors (Lipinski definition) is 0. The summed E-state index contributed by atoms with van der Waals surface area (Å²) < 4.78 is 35.5. The number of rotatable bonds is 12. The summed E-state index contributed by atoms with van der Waals surface area (Å²) in [7, 11) is 1.57. The predicted octanol–water partition coefficient (Wildman–Crippen LogP) is 5.83. The summed E-state index contributed by atoms with van der Waals surface area (Å²) in [6.07, 6.45) is 3.20. The van der Waals surface area contributed by atoms with Gasteiger partial charge >= 0.3 is 5.97 Å². The Morgan fingerprint density at radius 2 is 1.82 bits per heavy atom. The minimum absolute atomic E-state index is 0.140. The van der Waals surface area contributed by atoms with E-state index < -0.39 is 5.97 Å². The second-order valence-corrected chi connectivity index (χ2v) is 8.81. The van der Waals surface area contributed by atoms with Crippen molar-refractivity contribution in [2.24, 2.45) is 0 Å². The van der Waals surface area contributed by atoms with Gasteiger partial charge in [0.05, 0.1) is 26.5 Å². The van der Waals surface area contributed by atoms with E-state index in [1.807, 2.05) is 49.4 Å². The third kappa shape index (κ3) is 6.17. The minimum atomic E-state index is -0.493. The van der Waals surface area contributed by atoms with E-state index >= 15 is 0 Å². The molecule has 0 aliphatic heterocycles. The van der Waals surface area contributed by atoms with Crippen LogP contribution in [0.25, 0.3) is 11.7 Å². The number of ether oxygens (including phenoxy) is 4. The Balaban J connectivity index is 1.30. The number of esters is 1. The van der Waals surface area contributed by atoms with Crippen molar-refractivity contribution in [3.8, 4) is 29.0 Å². The molecule has 40 heavy (non-hydrogen) atoms. The van der Waals surface area contributed by atoms with E-state index in [9.17, 15) is 4.79 Å². The second-order valence-electron chi connectivity index (χ2n) is 8.81. The predicted molar refractivity (Wildman–Crippen MR) is 144 cm³/mol. The van der Waals surface area contributed by atoms with Gasteiger partial charge in [-0.3, -0.25) is 4.68 Å². The van der Waals surface area contributed by atoms with Gasteiger partial charge in [-0.1, -0.05) is 36.4 Å². The number of oxazole rings is 1. The van der Waals surface area contributed by atoms with Crippen LogP contribution >= 0.6 is 0 Å². The van der Waals surface area contributed by atoms with Gasteiger partial charge in [-0.15, -0.1) is 5.10 Å². The fraction of sp³-hybridized carbons (Fsp3) is 0.233. The van der Waals surface area contributed by atoms with Crippen molar-refractivity contribution in [3.63, 3.8) is 0 Å². The number of aryl methyl sites for hydroxylation is 1. The van der Waals surface area contributed by atoms with Gasteiger partial charge in [0.1, 0.15) is 30.2 Å². The first kappa shape index (κ1) is 26.6. The molecule has 0 bridgehead atoms. The smallest absolute Gasteiger partial charge is 0.345 e. The molecule has 3 heterocycles. The lowest BCUT2D eigenvalue weighted by Gasteiger charge is -2.12. The topological polar surface area (TPSA) is 111 Å². The van der Waals surface area contributed by atoms with Gasteiger partial charge < -0.3 is 27.8 Å². The molecule has 2 aromatic carbocycles. The lowest BCUT2D eigenvalue weighted by atomic mass is 10.2. The van der Waals surface area contributed by atoms with E-state index in [4.69, 9.17) is 27.8 Å². The summed E-state index contributed by atoms with van der Waals surface area (Å²) in [5.41, 5.74) is 2.73. The van der Waals surface area contributed by atoms with Gasteiger partial charge in [0.15, 0.2) is 17.3 Å². The molecule has 5 rings (SSSR count). The molecule has 0 aliphatic rings. The van der Waals surface area contributed by atoms with Crippen LogP contribution in [-0.2, 0) is 24.5 Å². The molecule has 10 nitrogen and oxygen atoms in total. The number of carbonyl (C=O) groups excluding carboxylic acids is 1. The fourth-order valence-corrected chi connectivity index (χ4v) is 4.00. The van der Waals surface area contributed by atoms with Crippen LogP contribution in [-0.4, -0.2) is 34.5 Å². The van der Waals surface area contributed by atoms with Crippen molar-refractivity contribution in [1.82, 2.24) is 14.8 Å². The molecule has 3 aromatic heterocycles. The number of benzene rings is 2. The molecular formula is C30H29N3O7. The van der Waals surface area contributed by atoms with Crippen LogP contribution in [0.5, 0.6) is 17.4 Å². The molecule has 0 radical (unpaired) electrons.